The van der Waals surface area contributed by atoms with E-state index >= 15 is 0 Å². The van der Waals surface area contributed by atoms with Crippen molar-refractivity contribution in [1.29, 1.82) is 0 Å². The van der Waals surface area contributed by atoms with Gasteiger partial charge in [-0.25, -0.2) is 13.8 Å². The van der Waals surface area contributed by atoms with Crippen molar-refractivity contribution in [2.24, 2.45) is 5.10 Å². The zero-order valence-electron chi connectivity index (χ0n) is 18.6. The van der Waals surface area contributed by atoms with Gasteiger partial charge in [0.1, 0.15) is 0 Å². The molecular weight excluding hydrogens is 434 g/mol. The Bertz CT molecular complexity index is 1250. The quantitative estimate of drug-likeness (QED) is 0.500. The molecule has 0 radical (unpaired) electrons. The number of hydrogen-bond donors (Lipinski definition) is 1. The molecule has 3 aromatic carbocycles. The Morgan fingerprint density at radius 3 is 2.24 bits per heavy atom. The molecule has 4 rings (SSSR count). The van der Waals surface area contributed by atoms with Crippen molar-refractivity contribution in [2.75, 3.05) is 4.31 Å². The van der Waals surface area contributed by atoms with E-state index in [-0.39, 0.29) is 17.0 Å². The first-order valence-corrected chi connectivity index (χ1v) is 12.5. The highest BCUT2D eigenvalue weighted by Crippen LogP contribution is 2.29. The van der Waals surface area contributed by atoms with E-state index in [9.17, 15) is 13.2 Å². The number of hydrazone groups is 1. The molecule has 0 atom stereocenters. The van der Waals surface area contributed by atoms with Crippen LogP contribution in [0.4, 0.5) is 5.69 Å². The number of carbonyl (C=O) groups excluding carboxylic acids is 1. The lowest BCUT2D eigenvalue weighted by atomic mass is 10.1. The van der Waals surface area contributed by atoms with Crippen LogP contribution in [0.2, 0.25) is 0 Å². The first-order chi connectivity index (χ1) is 15.9. The van der Waals surface area contributed by atoms with Gasteiger partial charge in [0.05, 0.1) is 22.7 Å². The molecule has 0 spiro atoms. The van der Waals surface area contributed by atoms with Crippen molar-refractivity contribution in [3.05, 3.63) is 95.6 Å². The fourth-order valence-corrected chi connectivity index (χ4v) is 5.33. The molecule has 0 aromatic heterocycles. The number of nitrogens with one attached hydrogen (secondary N) is 1. The highest BCUT2D eigenvalue weighted by molar-refractivity contribution is 7.92. The number of sulfonamides is 1. The second-order valence-electron chi connectivity index (χ2n) is 8.15. The van der Waals surface area contributed by atoms with Crippen LogP contribution < -0.4 is 9.73 Å². The molecule has 170 valence electrons. The molecule has 1 fully saturated rings. The van der Waals surface area contributed by atoms with Crippen molar-refractivity contribution < 1.29 is 13.2 Å². The zero-order chi connectivity index (χ0) is 23.3. The maximum Gasteiger partial charge on any atom is 0.273 e. The monoisotopic (exact) mass is 461 g/mol. The number of amides is 1. The zero-order valence-corrected chi connectivity index (χ0v) is 19.4. The van der Waals surface area contributed by atoms with E-state index in [1.807, 2.05) is 37.3 Å². The van der Waals surface area contributed by atoms with Gasteiger partial charge in [-0.1, -0.05) is 60.2 Å². The average Bonchev–Trinajstić information content (AvgIpc) is 3.36. The molecule has 0 saturated heterocycles. The van der Waals surface area contributed by atoms with Crippen LogP contribution in [0.25, 0.3) is 0 Å². The summed E-state index contributed by atoms with van der Waals surface area (Å²) < 4.78 is 28.8. The Morgan fingerprint density at radius 2 is 1.55 bits per heavy atom. The third-order valence-electron chi connectivity index (χ3n) is 5.69. The second-order valence-corrected chi connectivity index (χ2v) is 10.0. The predicted octanol–water partition coefficient (Wildman–Crippen LogP) is 5.05. The van der Waals surface area contributed by atoms with E-state index in [1.54, 1.807) is 48.5 Å². The van der Waals surface area contributed by atoms with Crippen LogP contribution in [-0.2, 0) is 16.6 Å². The van der Waals surface area contributed by atoms with Crippen LogP contribution >= 0.6 is 0 Å². The Labute approximate surface area is 195 Å². The summed E-state index contributed by atoms with van der Waals surface area (Å²) in [7, 11) is -3.94. The molecular formula is C26H27N3O3S. The van der Waals surface area contributed by atoms with Crippen molar-refractivity contribution in [1.82, 2.24) is 5.43 Å². The molecule has 3 aromatic rings. The van der Waals surface area contributed by atoms with Gasteiger partial charge in [-0.3, -0.25) is 9.10 Å². The van der Waals surface area contributed by atoms with E-state index in [1.165, 1.54) is 4.31 Å². The molecule has 1 aliphatic rings. The number of rotatable bonds is 7. The maximum absolute atomic E-state index is 13.8. The van der Waals surface area contributed by atoms with Gasteiger partial charge in [-0.15, -0.1) is 0 Å². The summed E-state index contributed by atoms with van der Waals surface area (Å²) in [6.07, 6.45) is 3.91. The number of nitrogens with zero attached hydrogens (tertiary/aromatic N) is 2. The van der Waals surface area contributed by atoms with Gasteiger partial charge in [0.2, 0.25) is 0 Å². The van der Waals surface area contributed by atoms with Gasteiger partial charge in [0.15, 0.2) is 0 Å². The van der Waals surface area contributed by atoms with Gasteiger partial charge in [0.25, 0.3) is 15.9 Å². The highest BCUT2D eigenvalue weighted by atomic mass is 32.2. The number of benzene rings is 3. The van der Waals surface area contributed by atoms with E-state index in [4.69, 9.17) is 0 Å². The smallest absolute Gasteiger partial charge is 0.267 e. The van der Waals surface area contributed by atoms with Crippen LogP contribution in [0.1, 0.15) is 47.2 Å². The second kappa shape index (κ2) is 10.0. The fourth-order valence-electron chi connectivity index (χ4n) is 3.85. The Hall–Kier alpha value is -3.45. The molecule has 0 heterocycles. The van der Waals surface area contributed by atoms with Crippen molar-refractivity contribution in [3.63, 3.8) is 0 Å². The molecule has 7 heteroatoms. The molecule has 0 unspecified atom stereocenters. The minimum Gasteiger partial charge on any atom is -0.267 e. The molecule has 0 bridgehead atoms. The standard InChI is InChI=1S/C26H27N3O3S/c1-20-15-17-23(18-16-20)33(31,32)29(19-21-9-3-2-4-10-21)25-14-8-7-13-24(25)26(30)28-27-22-11-5-6-12-22/h2-4,7-10,13-18H,5-6,11-12,19H2,1H3,(H,28,30). The number of hydrogen-bond acceptors (Lipinski definition) is 4. The molecule has 6 nitrogen and oxygen atoms in total. The van der Waals surface area contributed by atoms with Crippen molar-refractivity contribution in [2.45, 2.75) is 44.0 Å². The fraction of sp³-hybridized carbons (Fsp3) is 0.231. The van der Waals surface area contributed by atoms with Gasteiger partial charge >= 0.3 is 0 Å². The van der Waals surface area contributed by atoms with Gasteiger partial charge in [-0.05, 0) is 62.4 Å². The van der Waals surface area contributed by atoms with Crippen LogP contribution in [0.5, 0.6) is 0 Å². The minimum atomic E-state index is -3.94. The first kappa shape index (κ1) is 22.7. The molecule has 1 amide bonds. The Kier molecular flexibility index (Phi) is 6.89. The topological polar surface area (TPSA) is 78.8 Å². The third kappa shape index (κ3) is 5.31. The van der Waals surface area contributed by atoms with Crippen LogP contribution in [0, 0.1) is 6.92 Å². The van der Waals surface area contributed by atoms with Gasteiger partial charge in [-0.2, -0.15) is 5.10 Å². The molecule has 1 aliphatic carbocycles. The number of anilines is 1. The van der Waals surface area contributed by atoms with Gasteiger partial charge in [0, 0.05) is 5.71 Å². The number of para-hydroxylation sites is 1. The van der Waals surface area contributed by atoms with E-state index in [0.717, 1.165) is 42.5 Å². The molecule has 0 aliphatic heterocycles. The summed E-state index contributed by atoms with van der Waals surface area (Å²) >= 11 is 0. The van der Waals surface area contributed by atoms with E-state index < -0.39 is 15.9 Å². The summed E-state index contributed by atoms with van der Waals surface area (Å²) in [5.74, 6) is -0.429. The van der Waals surface area contributed by atoms with Gasteiger partial charge < -0.3 is 0 Å². The maximum atomic E-state index is 13.8. The lowest BCUT2D eigenvalue weighted by Crippen LogP contribution is -2.33. The third-order valence-corrected chi connectivity index (χ3v) is 7.47. The predicted molar refractivity (Wildman–Crippen MR) is 131 cm³/mol. The van der Waals surface area contributed by atoms with Crippen LogP contribution in [0.15, 0.2) is 88.9 Å². The Morgan fingerprint density at radius 1 is 0.909 bits per heavy atom. The summed E-state index contributed by atoms with van der Waals surface area (Å²) in [6.45, 7) is 2.00. The first-order valence-electron chi connectivity index (χ1n) is 11.0. The molecule has 33 heavy (non-hydrogen) atoms. The lowest BCUT2D eigenvalue weighted by molar-refractivity contribution is 0.0955. The SMILES string of the molecule is Cc1ccc(S(=O)(=O)N(Cc2ccccc2)c2ccccc2C(=O)NN=C2CCCC2)cc1. The average molecular weight is 462 g/mol. The minimum absolute atomic E-state index is 0.0931. The summed E-state index contributed by atoms with van der Waals surface area (Å²) in [6, 6.07) is 22.8. The van der Waals surface area contributed by atoms with E-state index in [2.05, 4.69) is 10.5 Å². The lowest BCUT2D eigenvalue weighted by Gasteiger charge is -2.26. The van der Waals surface area contributed by atoms with Crippen LogP contribution in [0.3, 0.4) is 0 Å². The summed E-state index contributed by atoms with van der Waals surface area (Å²) in [5.41, 5.74) is 5.94. The summed E-state index contributed by atoms with van der Waals surface area (Å²) in [4.78, 5) is 13.2. The molecule has 1 N–H and O–H groups in total. The van der Waals surface area contributed by atoms with Crippen molar-refractivity contribution in [3.8, 4) is 0 Å². The summed E-state index contributed by atoms with van der Waals surface area (Å²) in [5, 5.41) is 4.26. The van der Waals surface area contributed by atoms with E-state index in [0.29, 0.717) is 5.69 Å². The molecule has 1 saturated carbocycles. The Balaban J connectivity index is 1.75. The largest absolute Gasteiger partial charge is 0.273 e. The van der Waals surface area contributed by atoms with Crippen molar-refractivity contribution >= 4 is 27.3 Å². The van der Waals surface area contributed by atoms with Crippen LogP contribution in [-0.4, -0.2) is 20.0 Å². The number of carbonyl (C=O) groups is 1. The normalized spacial score (nSPS) is 13.5. The number of aryl methyl sites for hydroxylation is 1. The highest BCUT2D eigenvalue weighted by Gasteiger charge is 2.28.